The van der Waals surface area contributed by atoms with E-state index in [4.69, 9.17) is 13.3 Å². The standard InChI is InChI=1S/C9H23O3PSi/c1-5-7-13-8-6-9-14(10-2,11-3)12-4/h13H,5-9H2,1-4H3. The molecule has 86 valence electrons. The maximum absolute atomic E-state index is 5.34. The Kier molecular flexibility index (Phi) is 9.14. The molecule has 0 aliphatic rings. The molecule has 1 unspecified atom stereocenters. The van der Waals surface area contributed by atoms with Crippen LogP contribution in [0.15, 0.2) is 0 Å². The minimum Gasteiger partial charge on any atom is -0.377 e. The normalized spacial score (nSPS) is 12.9. The third-order valence-corrected chi connectivity index (χ3v) is 6.59. The highest BCUT2D eigenvalue weighted by Crippen LogP contribution is 2.20. The molecule has 1 atom stereocenters. The van der Waals surface area contributed by atoms with Crippen LogP contribution in [0.5, 0.6) is 0 Å². The monoisotopic (exact) mass is 238 g/mol. The van der Waals surface area contributed by atoms with Gasteiger partial charge in [0, 0.05) is 27.4 Å². The summed E-state index contributed by atoms with van der Waals surface area (Å²) in [5.41, 5.74) is 0. The Morgan fingerprint density at radius 1 is 1.00 bits per heavy atom. The second-order valence-corrected chi connectivity index (χ2v) is 7.74. The van der Waals surface area contributed by atoms with Crippen LogP contribution in [-0.4, -0.2) is 42.5 Å². The summed E-state index contributed by atoms with van der Waals surface area (Å²) in [6, 6.07) is 0.938. The van der Waals surface area contributed by atoms with Crippen molar-refractivity contribution >= 4 is 17.4 Å². The maximum Gasteiger partial charge on any atom is 0.500 e. The van der Waals surface area contributed by atoms with Crippen LogP contribution in [-0.2, 0) is 13.3 Å². The van der Waals surface area contributed by atoms with Gasteiger partial charge in [0.15, 0.2) is 0 Å². The number of hydrogen-bond acceptors (Lipinski definition) is 3. The molecule has 0 rings (SSSR count). The van der Waals surface area contributed by atoms with Crippen molar-refractivity contribution < 1.29 is 13.3 Å². The first kappa shape index (κ1) is 14.5. The summed E-state index contributed by atoms with van der Waals surface area (Å²) in [6.07, 6.45) is 5.07. The lowest BCUT2D eigenvalue weighted by Gasteiger charge is -2.24. The van der Waals surface area contributed by atoms with Crippen molar-refractivity contribution in [3.05, 3.63) is 0 Å². The van der Waals surface area contributed by atoms with E-state index in [-0.39, 0.29) is 0 Å². The van der Waals surface area contributed by atoms with Gasteiger partial charge >= 0.3 is 8.80 Å². The molecular weight excluding hydrogens is 215 g/mol. The minimum absolute atomic E-state index is 0.938. The fourth-order valence-electron chi connectivity index (χ4n) is 1.29. The third kappa shape index (κ3) is 5.42. The van der Waals surface area contributed by atoms with E-state index in [2.05, 4.69) is 6.92 Å². The first-order chi connectivity index (χ1) is 6.74. The molecular formula is C9H23O3PSi. The largest absolute Gasteiger partial charge is 0.500 e. The van der Waals surface area contributed by atoms with Crippen molar-refractivity contribution in [1.29, 1.82) is 0 Å². The fraction of sp³-hybridized carbons (Fsp3) is 1.00. The topological polar surface area (TPSA) is 27.7 Å². The van der Waals surface area contributed by atoms with Crippen LogP contribution in [0, 0.1) is 0 Å². The van der Waals surface area contributed by atoms with Crippen molar-refractivity contribution in [3.63, 3.8) is 0 Å². The van der Waals surface area contributed by atoms with E-state index >= 15 is 0 Å². The summed E-state index contributed by atoms with van der Waals surface area (Å²) in [7, 11) is 3.83. The Morgan fingerprint density at radius 2 is 1.57 bits per heavy atom. The zero-order chi connectivity index (χ0) is 10.9. The third-order valence-electron chi connectivity index (χ3n) is 2.20. The Hall–Kier alpha value is 0.527. The zero-order valence-corrected chi connectivity index (χ0v) is 11.8. The van der Waals surface area contributed by atoms with Crippen LogP contribution in [0.1, 0.15) is 19.8 Å². The van der Waals surface area contributed by atoms with Crippen molar-refractivity contribution in [2.75, 3.05) is 33.7 Å². The summed E-state index contributed by atoms with van der Waals surface area (Å²) >= 11 is 0. The van der Waals surface area contributed by atoms with Crippen LogP contribution < -0.4 is 0 Å². The van der Waals surface area contributed by atoms with Gasteiger partial charge in [0.2, 0.25) is 0 Å². The molecule has 0 heterocycles. The van der Waals surface area contributed by atoms with Gasteiger partial charge in [0.25, 0.3) is 0 Å². The van der Waals surface area contributed by atoms with Gasteiger partial charge in [-0.1, -0.05) is 13.3 Å². The van der Waals surface area contributed by atoms with E-state index in [1.807, 2.05) is 0 Å². The summed E-state index contributed by atoms with van der Waals surface area (Å²) in [4.78, 5) is 0. The molecule has 5 heteroatoms. The number of rotatable bonds is 9. The summed E-state index contributed by atoms with van der Waals surface area (Å²) in [6.45, 7) is 2.23. The SMILES string of the molecule is CCCPCCC[Si](OC)(OC)OC. The van der Waals surface area contributed by atoms with Crippen LogP contribution in [0.3, 0.4) is 0 Å². The fourth-order valence-corrected chi connectivity index (χ4v) is 4.39. The molecule has 0 aromatic rings. The molecule has 0 saturated heterocycles. The molecule has 0 aromatic heterocycles. The molecule has 3 nitrogen and oxygen atoms in total. The molecule has 0 N–H and O–H groups in total. The molecule has 0 amide bonds. The van der Waals surface area contributed by atoms with Gasteiger partial charge in [-0.05, 0) is 18.7 Å². The molecule has 0 fully saturated rings. The smallest absolute Gasteiger partial charge is 0.377 e. The molecule has 0 aliphatic carbocycles. The minimum atomic E-state index is -2.27. The van der Waals surface area contributed by atoms with Gasteiger partial charge in [0.1, 0.15) is 0 Å². The summed E-state index contributed by atoms with van der Waals surface area (Å²) in [5.74, 6) is 0. The predicted molar refractivity (Wildman–Crippen MR) is 64.5 cm³/mol. The molecule has 0 radical (unpaired) electrons. The van der Waals surface area contributed by atoms with E-state index in [1.54, 1.807) is 21.3 Å². The van der Waals surface area contributed by atoms with Gasteiger partial charge in [-0.25, -0.2) is 0 Å². The van der Waals surface area contributed by atoms with Crippen LogP contribution in [0.4, 0.5) is 0 Å². The second-order valence-electron chi connectivity index (χ2n) is 3.15. The average molecular weight is 238 g/mol. The van der Waals surface area contributed by atoms with Gasteiger partial charge in [0.05, 0.1) is 0 Å². The Labute approximate surface area is 90.7 Å². The van der Waals surface area contributed by atoms with Gasteiger partial charge in [-0.3, -0.25) is 0 Å². The lowest BCUT2D eigenvalue weighted by atomic mass is 10.6. The Morgan fingerprint density at radius 3 is 2.00 bits per heavy atom. The van der Waals surface area contributed by atoms with Crippen LogP contribution in [0.25, 0.3) is 0 Å². The maximum atomic E-state index is 5.34. The van der Waals surface area contributed by atoms with E-state index in [0.29, 0.717) is 0 Å². The highest BCUT2D eigenvalue weighted by atomic mass is 31.1. The van der Waals surface area contributed by atoms with E-state index in [9.17, 15) is 0 Å². The lowest BCUT2D eigenvalue weighted by molar-refractivity contribution is 0.123. The van der Waals surface area contributed by atoms with Crippen molar-refractivity contribution in [2.24, 2.45) is 0 Å². The van der Waals surface area contributed by atoms with Crippen LogP contribution in [0.2, 0.25) is 6.04 Å². The highest BCUT2D eigenvalue weighted by molar-refractivity contribution is 7.37. The Bertz CT molecular complexity index is 123. The lowest BCUT2D eigenvalue weighted by Crippen LogP contribution is -2.42. The van der Waals surface area contributed by atoms with Gasteiger partial charge < -0.3 is 13.3 Å². The average Bonchev–Trinajstić information content (AvgIpc) is 2.24. The van der Waals surface area contributed by atoms with Gasteiger partial charge in [-0.2, -0.15) is 0 Å². The summed E-state index contributed by atoms with van der Waals surface area (Å²) in [5, 5.41) is 0. The predicted octanol–water partition coefficient (Wildman–Crippen LogP) is 2.34. The summed E-state index contributed by atoms with van der Waals surface area (Å²) < 4.78 is 16.0. The quantitative estimate of drug-likeness (QED) is 0.350. The van der Waals surface area contributed by atoms with Crippen LogP contribution >= 0.6 is 8.58 Å². The van der Waals surface area contributed by atoms with E-state index < -0.39 is 8.80 Å². The second kappa shape index (κ2) is 8.80. The first-order valence-corrected chi connectivity index (χ1v) is 8.45. The zero-order valence-electron chi connectivity index (χ0n) is 9.76. The number of hydrogen-bond donors (Lipinski definition) is 0. The van der Waals surface area contributed by atoms with E-state index in [1.165, 1.54) is 18.7 Å². The molecule has 0 aliphatic heterocycles. The Balaban J connectivity index is 3.61. The van der Waals surface area contributed by atoms with E-state index in [0.717, 1.165) is 21.0 Å². The van der Waals surface area contributed by atoms with Crippen molar-refractivity contribution in [2.45, 2.75) is 25.8 Å². The molecule has 0 aromatic carbocycles. The van der Waals surface area contributed by atoms with Gasteiger partial charge in [-0.15, -0.1) is 8.58 Å². The van der Waals surface area contributed by atoms with Crippen molar-refractivity contribution in [1.82, 2.24) is 0 Å². The molecule has 0 saturated carbocycles. The first-order valence-electron chi connectivity index (χ1n) is 5.10. The highest BCUT2D eigenvalue weighted by Gasteiger charge is 2.36. The molecule has 0 bridgehead atoms. The molecule has 14 heavy (non-hydrogen) atoms. The van der Waals surface area contributed by atoms with Crippen molar-refractivity contribution in [3.8, 4) is 0 Å². The molecule has 0 spiro atoms.